The molecule has 3 nitrogen and oxygen atoms in total. The molecule has 5 heteroatoms. The van der Waals surface area contributed by atoms with Gasteiger partial charge in [0.15, 0.2) is 0 Å². The molecule has 14 heavy (non-hydrogen) atoms. The van der Waals surface area contributed by atoms with Crippen molar-refractivity contribution in [2.75, 3.05) is 24.2 Å². The maximum Gasteiger partial charge on any atom is 0.214 e. The van der Waals surface area contributed by atoms with E-state index in [0.717, 1.165) is 31.3 Å². The van der Waals surface area contributed by atoms with E-state index in [1.807, 2.05) is 6.92 Å². The third-order valence-electron chi connectivity index (χ3n) is 2.62. The molecule has 0 bridgehead atoms. The van der Waals surface area contributed by atoms with Gasteiger partial charge in [-0.25, -0.2) is 12.7 Å². The number of nitrogens with zero attached hydrogens (tertiary/aromatic N) is 1. The summed E-state index contributed by atoms with van der Waals surface area (Å²) < 4.78 is 25.1. The van der Waals surface area contributed by atoms with E-state index < -0.39 is 10.0 Å². The molecule has 0 radical (unpaired) electrons. The molecule has 0 N–H and O–H groups in total. The van der Waals surface area contributed by atoms with Crippen molar-refractivity contribution in [1.29, 1.82) is 0 Å². The zero-order valence-corrected chi connectivity index (χ0v) is 11.0. The van der Waals surface area contributed by atoms with Crippen molar-refractivity contribution < 1.29 is 8.42 Å². The first-order chi connectivity index (χ1) is 6.60. The normalized spacial score (nSPS) is 24.3. The number of hydrogen-bond donors (Lipinski definition) is 0. The van der Waals surface area contributed by atoms with Gasteiger partial charge in [0.25, 0.3) is 0 Å². The molecule has 1 saturated heterocycles. The molecule has 1 aliphatic rings. The van der Waals surface area contributed by atoms with Gasteiger partial charge in [-0.15, -0.1) is 0 Å². The second-order valence-corrected chi connectivity index (χ2v) is 6.69. The molecule has 1 aliphatic heterocycles. The highest BCUT2D eigenvalue weighted by Gasteiger charge is 2.29. The molecule has 0 saturated carbocycles. The predicted octanol–water partition coefficient (Wildman–Crippen LogP) is 1.83. The van der Waals surface area contributed by atoms with Crippen molar-refractivity contribution in [3.63, 3.8) is 0 Å². The summed E-state index contributed by atoms with van der Waals surface area (Å²) in [7, 11) is -2.94. The Morgan fingerprint density at radius 1 is 1.50 bits per heavy atom. The van der Waals surface area contributed by atoms with Crippen molar-refractivity contribution in [2.24, 2.45) is 5.92 Å². The van der Waals surface area contributed by atoms with E-state index in [9.17, 15) is 8.42 Å². The molecule has 0 amide bonds. The third-order valence-corrected chi connectivity index (χ3v) is 5.12. The first-order valence-corrected chi connectivity index (χ1v) is 7.87. The highest BCUT2D eigenvalue weighted by atomic mass is 79.9. The number of hydrogen-bond acceptors (Lipinski definition) is 2. The van der Waals surface area contributed by atoms with Crippen LogP contribution in [0.5, 0.6) is 0 Å². The van der Waals surface area contributed by atoms with Crippen molar-refractivity contribution in [1.82, 2.24) is 4.31 Å². The van der Waals surface area contributed by atoms with Crippen molar-refractivity contribution in [3.05, 3.63) is 0 Å². The largest absolute Gasteiger partial charge is 0.214 e. The lowest BCUT2D eigenvalue weighted by atomic mass is 10.1. The maximum atomic E-state index is 11.7. The van der Waals surface area contributed by atoms with Crippen LogP contribution in [0, 0.1) is 5.92 Å². The van der Waals surface area contributed by atoms with Crippen LogP contribution in [0.15, 0.2) is 0 Å². The lowest BCUT2D eigenvalue weighted by molar-refractivity contribution is 0.453. The summed E-state index contributed by atoms with van der Waals surface area (Å²) in [6.07, 6.45) is 2.81. The topological polar surface area (TPSA) is 37.4 Å². The van der Waals surface area contributed by atoms with Gasteiger partial charge in [0, 0.05) is 18.4 Å². The van der Waals surface area contributed by atoms with Gasteiger partial charge in [-0.3, -0.25) is 0 Å². The fraction of sp³-hybridized carbons (Fsp3) is 1.00. The van der Waals surface area contributed by atoms with Crippen molar-refractivity contribution >= 4 is 26.0 Å². The Hall–Kier alpha value is 0.390. The average Bonchev–Trinajstić information content (AvgIpc) is 2.54. The lowest BCUT2D eigenvalue weighted by Gasteiger charge is -2.15. The molecule has 0 aromatic heterocycles. The van der Waals surface area contributed by atoms with Gasteiger partial charge in [-0.05, 0) is 25.2 Å². The first kappa shape index (κ1) is 12.5. The molecular weight excluding hydrogens is 266 g/mol. The van der Waals surface area contributed by atoms with Gasteiger partial charge in [-0.1, -0.05) is 22.9 Å². The average molecular weight is 284 g/mol. The number of halogens is 1. The number of alkyl halides is 1. The van der Waals surface area contributed by atoms with Crippen molar-refractivity contribution in [2.45, 2.75) is 26.2 Å². The van der Waals surface area contributed by atoms with Crippen LogP contribution in [0.1, 0.15) is 26.2 Å². The molecule has 84 valence electrons. The quantitative estimate of drug-likeness (QED) is 0.722. The van der Waals surface area contributed by atoms with Crippen molar-refractivity contribution in [3.8, 4) is 0 Å². The molecule has 1 atom stereocenters. The van der Waals surface area contributed by atoms with Crippen LogP contribution < -0.4 is 0 Å². The summed E-state index contributed by atoms with van der Waals surface area (Å²) >= 11 is 3.39. The Morgan fingerprint density at radius 3 is 2.79 bits per heavy atom. The van der Waals surface area contributed by atoms with Crippen LogP contribution >= 0.6 is 15.9 Å². The molecule has 0 aromatic rings. The molecule has 1 unspecified atom stereocenters. The van der Waals surface area contributed by atoms with Gasteiger partial charge < -0.3 is 0 Å². The Morgan fingerprint density at radius 2 is 2.21 bits per heavy atom. The Bertz CT molecular complexity index is 266. The summed E-state index contributed by atoms with van der Waals surface area (Å²) in [5.74, 6) is 0.856. The van der Waals surface area contributed by atoms with Crippen LogP contribution in [0.25, 0.3) is 0 Å². The summed E-state index contributed by atoms with van der Waals surface area (Å²) in [6.45, 7) is 3.36. The molecule has 1 fully saturated rings. The second-order valence-electron chi connectivity index (χ2n) is 3.81. The van der Waals surface area contributed by atoms with Gasteiger partial charge in [0.05, 0.1) is 5.75 Å². The van der Waals surface area contributed by atoms with Gasteiger partial charge >= 0.3 is 0 Å². The van der Waals surface area contributed by atoms with Crippen LogP contribution in [0.4, 0.5) is 0 Å². The zero-order chi connectivity index (χ0) is 10.6. The van der Waals surface area contributed by atoms with Crippen LogP contribution in [-0.4, -0.2) is 36.9 Å². The van der Waals surface area contributed by atoms with E-state index in [2.05, 4.69) is 15.9 Å². The minimum absolute atomic E-state index is 0.300. The van der Waals surface area contributed by atoms with Crippen LogP contribution in [-0.2, 0) is 10.0 Å². The fourth-order valence-corrected chi connectivity index (χ4v) is 4.07. The van der Waals surface area contributed by atoms with Gasteiger partial charge in [-0.2, -0.15) is 0 Å². The Kier molecular flexibility index (Phi) is 4.87. The summed E-state index contributed by atoms with van der Waals surface area (Å²) in [6, 6.07) is 0. The highest BCUT2D eigenvalue weighted by molar-refractivity contribution is 9.09. The standard InChI is InChI=1S/C9H18BrNO2S/c1-2-7-14(12,13)11-6-4-9(8-11)3-5-10/h9H,2-8H2,1H3. The molecule has 0 aliphatic carbocycles. The maximum absolute atomic E-state index is 11.7. The van der Waals surface area contributed by atoms with E-state index in [-0.39, 0.29) is 0 Å². The zero-order valence-electron chi connectivity index (χ0n) is 8.58. The first-order valence-electron chi connectivity index (χ1n) is 5.14. The van der Waals surface area contributed by atoms with Crippen LogP contribution in [0.2, 0.25) is 0 Å². The minimum Gasteiger partial charge on any atom is -0.212 e. The summed E-state index contributed by atoms with van der Waals surface area (Å²) in [5.41, 5.74) is 0. The van der Waals surface area contributed by atoms with E-state index in [4.69, 9.17) is 0 Å². The van der Waals surface area contributed by atoms with E-state index >= 15 is 0 Å². The Balaban J connectivity index is 2.49. The third kappa shape index (κ3) is 3.21. The molecule has 1 heterocycles. The van der Waals surface area contributed by atoms with E-state index in [0.29, 0.717) is 18.1 Å². The number of rotatable bonds is 5. The lowest BCUT2D eigenvalue weighted by Crippen LogP contribution is -2.30. The van der Waals surface area contributed by atoms with E-state index in [1.54, 1.807) is 4.31 Å². The fourth-order valence-electron chi connectivity index (χ4n) is 1.83. The van der Waals surface area contributed by atoms with Gasteiger partial charge in [0.1, 0.15) is 0 Å². The second kappa shape index (κ2) is 5.47. The molecular formula is C9H18BrNO2S. The SMILES string of the molecule is CCCS(=O)(=O)N1CCC(CCBr)C1. The smallest absolute Gasteiger partial charge is 0.212 e. The number of sulfonamides is 1. The summed E-state index contributed by atoms with van der Waals surface area (Å²) in [5, 5.41) is 0.972. The molecule has 0 aromatic carbocycles. The summed E-state index contributed by atoms with van der Waals surface area (Å²) in [4.78, 5) is 0. The Labute approximate surface area is 95.0 Å². The van der Waals surface area contributed by atoms with E-state index in [1.165, 1.54) is 0 Å². The minimum atomic E-state index is -2.94. The van der Waals surface area contributed by atoms with Gasteiger partial charge in [0.2, 0.25) is 10.0 Å². The molecule has 1 rings (SSSR count). The predicted molar refractivity (Wildman–Crippen MR) is 62.2 cm³/mol. The monoisotopic (exact) mass is 283 g/mol. The van der Waals surface area contributed by atoms with Crippen LogP contribution in [0.3, 0.4) is 0 Å². The molecule has 0 spiro atoms. The highest BCUT2D eigenvalue weighted by Crippen LogP contribution is 2.23.